The maximum absolute atomic E-state index is 12.0. The minimum atomic E-state index is -0.424. The van der Waals surface area contributed by atoms with Crippen LogP contribution in [0.5, 0.6) is 0 Å². The van der Waals surface area contributed by atoms with Crippen LogP contribution in [0.4, 0.5) is 0 Å². The number of carbonyl (C=O) groups is 1. The number of methoxy groups -OCH3 is 1. The molecule has 1 aromatic heterocycles. The highest BCUT2D eigenvalue weighted by Gasteiger charge is 2.14. The molecule has 0 unspecified atom stereocenters. The molecule has 0 aliphatic rings. The molecule has 0 atom stereocenters. The van der Waals surface area contributed by atoms with Crippen LogP contribution in [0.1, 0.15) is 15.9 Å². The van der Waals surface area contributed by atoms with Gasteiger partial charge in [-0.05, 0) is 24.6 Å². The van der Waals surface area contributed by atoms with E-state index in [1.807, 2.05) is 6.92 Å². The van der Waals surface area contributed by atoms with Crippen molar-refractivity contribution in [1.82, 2.24) is 4.57 Å². The maximum atomic E-state index is 12.0. The number of benzene rings is 1. The van der Waals surface area contributed by atoms with Gasteiger partial charge in [0.25, 0.3) is 5.56 Å². The smallest absolute Gasteiger partial charge is 0.338 e. The number of esters is 1. The number of hydrogen-bond acceptors (Lipinski definition) is 3. The van der Waals surface area contributed by atoms with Crippen molar-refractivity contribution in [2.75, 3.05) is 7.11 Å². The summed E-state index contributed by atoms with van der Waals surface area (Å²) in [6.07, 6.45) is 1.72. The fourth-order valence-corrected chi connectivity index (χ4v) is 2.04. The van der Waals surface area contributed by atoms with Crippen LogP contribution in [-0.2, 0) is 11.8 Å². The number of pyridine rings is 1. The quantitative estimate of drug-likeness (QED) is 0.701. The van der Waals surface area contributed by atoms with E-state index in [1.165, 1.54) is 11.7 Å². The fourth-order valence-electron chi connectivity index (χ4n) is 2.04. The Morgan fingerprint density at radius 3 is 2.71 bits per heavy atom. The van der Waals surface area contributed by atoms with Crippen LogP contribution in [0, 0.1) is 6.92 Å². The van der Waals surface area contributed by atoms with E-state index in [4.69, 9.17) is 4.74 Å². The molecule has 0 spiro atoms. The molecule has 1 aromatic carbocycles. The van der Waals surface area contributed by atoms with Crippen molar-refractivity contribution >= 4 is 16.7 Å². The van der Waals surface area contributed by atoms with Gasteiger partial charge >= 0.3 is 5.97 Å². The third-order valence-corrected chi connectivity index (χ3v) is 2.80. The molecule has 4 heteroatoms. The first kappa shape index (κ1) is 11.4. The first-order valence-corrected chi connectivity index (χ1v) is 5.23. The Hall–Kier alpha value is -2.10. The minimum absolute atomic E-state index is 0.114. The zero-order valence-electron chi connectivity index (χ0n) is 9.98. The molecule has 88 valence electrons. The highest BCUT2D eigenvalue weighted by atomic mass is 16.5. The van der Waals surface area contributed by atoms with Gasteiger partial charge in [-0.3, -0.25) is 4.79 Å². The second-order valence-electron chi connectivity index (χ2n) is 3.95. The van der Waals surface area contributed by atoms with E-state index in [9.17, 15) is 9.59 Å². The summed E-state index contributed by atoms with van der Waals surface area (Å²) in [5.41, 5.74) is 1.19. The van der Waals surface area contributed by atoms with Crippen LogP contribution in [0.3, 0.4) is 0 Å². The van der Waals surface area contributed by atoms with E-state index in [0.29, 0.717) is 16.3 Å². The predicted molar refractivity (Wildman–Crippen MR) is 65.3 cm³/mol. The molecule has 2 aromatic rings. The zero-order valence-corrected chi connectivity index (χ0v) is 9.98. The summed E-state index contributed by atoms with van der Waals surface area (Å²) in [5, 5.41) is 1.21. The molecule has 0 saturated carbocycles. The monoisotopic (exact) mass is 231 g/mol. The molecule has 1 heterocycles. The van der Waals surface area contributed by atoms with Crippen molar-refractivity contribution < 1.29 is 9.53 Å². The summed E-state index contributed by atoms with van der Waals surface area (Å²) < 4.78 is 6.23. The summed E-state index contributed by atoms with van der Waals surface area (Å²) in [7, 11) is 3.02. The molecule has 0 radical (unpaired) electrons. The third-order valence-electron chi connectivity index (χ3n) is 2.80. The molecule has 0 aliphatic carbocycles. The Kier molecular flexibility index (Phi) is 2.71. The summed E-state index contributed by atoms with van der Waals surface area (Å²) in [6.45, 7) is 1.87. The van der Waals surface area contributed by atoms with Crippen molar-refractivity contribution in [2.45, 2.75) is 6.92 Å². The molecule has 0 N–H and O–H groups in total. The first-order chi connectivity index (χ1) is 8.06. The summed E-state index contributed by atoms with van der Waals surface area (Å²) in [4.78, 5) is 23.6. The van der Waals surface area contributed by atoms with Crippen molar-refractivity contribution in [2.24, 2.45) is 7.05 Å². The van der Waals surface area contributed by atoms with Gasteiger partial charge in [-0.25, -0.2) is 4.79 Å². The van der Waals surface area contributed by atoms with E-state index >= 15 is 0 Å². The van der Waals surface area contributed by atoms with Crippen LogP contribution in [0.25, 0.3) is 10.8 Å². The molecule has 17 heavy (non-hydrogen) atoms. The number of fused-ring (bicyclic) bond motifs is 1. The van der Waals surface area contributed by atoms with Gasteiger partial charge in [0, 0.05) is 24.0 Å². The number of aromatic nitrogens is 1. The number of carbonyl (C=O) groups excluding carboxylic acids is 1. The van der Waals surface area contributed by atoms with Crippen LogP contribution in [0.2, 0.25) is 0 Å². The van der Waals surface area contributed by atoms with E-state index < -0.39 is 5.97 Å². The summed E-state index contributed by atoms with van der Waals surface area (Å²) in [6, 6.07) is 5.08. The van der Waals surface area contributed by atoms with Crippen molar-refractivity contribution in [3.63, 3.8) is 0 Å². The average Bonchev–Trinajstić information content (AvgIpc) is 2.34. The normalized spacial score (nSPS) is 10.5. The van der Waals surface area contributed by atoms with Crippen LogP contribution < -0.4 is 5.56 Å². The number of nitrogens with zero attached hydrogens (tertiary/aromatic N) is 1. The van der Waals surface area contributed by atoms with Crippen LogP contribution >= 0.6 is 0 Å². The van der Waals surface area contributed by atoms with Crippen molar-refractivity contribution in [3.05, 3.63) is 45.9 Å². The number of hydrogen-bond donors (Lipinski definition) is 0. The molecule has 4 nitrogen and oxygen atoms in total. The van der Waals surface area contributed by atoms with Crippen LogP contribution in [-0.4, -0.2) is 17.6 Å². The van der Waals surface area contributed by atoms with E-state index in [0.717, 1.165) is 5.56 Å². The molecular weight excluding hydrogens is 218 g/mol. The van der Waals surface area contributed by atoms with Gasteiger partial charge in [-0.15, -0.1) is 0 Å². The Morgan fingerprint density at radius 2 is 2.06 bits per heavy atom. The van der Waals surface area contributed by atoms with Gasteiger partial charge in [0.1, 0.15) is 0 Å². The van der Waals surface area contributed by atoms with Crippen molar-refractivity contribution in [3.8, 4) is 0 Å². The minimum Gasteiger partial charge on any atom is -0.465 e. The van der Waals surface area contributed by atoms with Crippen molar-refractivity contribution in [1.29, 1.82) is 0 Å². The van der Waals surface area contributed by atoms with Gasteiger partial charge in [0.15, 0.2) is 0 Å². The molecule has 0 bridgehead atoms. The summed E-state index contributed by atoms with van der Waals surface area (Å²) in [5.74, 6) is -0.424. The lowest BCUT2D eigenvalue weighted by Crippen LogP contribution is -2.18. The second kappa shape index (κ2) is 4.05. The highest BCUT2D eigenvalue weighted by Crippen LogP contribution is 2.20. The summed E-state index contributed by atoms with van der Waals surface area (Å²) >= 11 is 0. The number of aryl methyl sites for hydroxylation is 2. The number of ether oxygens (including phenoxy) is 1. The lowest BCUT2D eigenvalue weighted by molar-refractivity contribution is 0.0603. The number of rotatable bonds is 1. The maximum Gasteiger partial charge on any atom is 0.338 e. The Morgan fingerprint density at radius 1 is 1.35 bits per heavy atom. The molecule has 0 amide bonds. The van der Waals surface area contributed by atoms with Gasteiger partial charge in [-0.1, -0.05) is 6.07 Å². The van der Waals surface area contributed by atoms with Gasteiger partial charge in [-0.2, -0.15) is 0 Å². The Bertz CT molecular complexity index is 655. The lowest BCUT2D eigenvalue weighted by Gasteiger charge is -2.09. The SMILES string of the molecule is COC(=O)c1cccc2c(=O)n(C)cc(C)c12. The highest BCUT2D eigenvalue weighted by molar-refractivity contribution is 6.05. The van der Waals surface area contributed by atoms with Gasteiger partial charge in [0.05, 0.1) is 12.7 Å². The molecular formula is C13H13NO3. The van der Waals surface area contributed by atoms with E-state index in [1.54, 1.807) is 31.4 Å². The largest absolute Gasteiger partial charge is 0.465 e. The molecule has 0 saturated heterocycles. The first-order valence-electron chi connectivity index (χ1n) is 5.23. The standard InChI is InChI=1S/C13H13NO3/c1-8-7-14(2)12(15)9-5-4-6-10(11(8)9)13(16)17-3/h4-7H,1-3H3. The van der Waals surface area contributed by atoms with E-state index in [2.05, 4.69) is 0 Å². The second-order valence-corrected chi connectivity index (χ2v) is 3.95. The van der Waals surface area contributed by atoms with Crippen LogP contribution in [0.15, 0.2) is 29.2 Å². The Labute approximate surface area is 98.4 Å². The fraction of sp³-hybridized carbons (Fsp3) is 0.231. The van der Waals surface area contributed by atoms with E-state index in [-0.39, 0.29) is 5.56 Å². The lowest BCUT2D eigenvalue weighted by atomic mass is 10.0. The zero-order chi connectivity index (χ0) is 12.6. The molecule has 0 aliphatic heterocycles. The van der Waals surface area contributed by atoms with Gasteiger partial charge in [0.2, 0.25) is 0 Å². The predicted octanol–water partition coefficient (Wildman–Crippen LogP) is 1.63. The Balaban J connectivity index is 2.95. The van der Waals surface area contributed by atoms with Gasteiger partial charge < -0.3 is 9.30 Å². The molecule has 0 fully saturated rings. The molecule has 2 rings (SSSR count). The third kappa shape index (κ3) is 1.71. The average molecular weight is 231 g/mol. The topological polar surface area (TPSA) is 48.3 Å².